The Bertz CT molecular complexity index is 915. The summed E-state index contributed by atoms with van der Waals surface area (Å²) >= 11 is 0. The van der Waals surface area contributed by atoms with Crippen LogP contribution < -0.4 is 10.6 Å². The average Bonchev–Trinajstić information content (AvgIpc) is 2.78. The van der Waals surface area contributed by atoms with Gasteiger partial charge >= 0.3 is 0 Å². The van der Waals surface area contributed by atoms with Crippen molar-refractivity contribution in [2.45, 2.75) is 26.3 Å². The Kier molecular flexibility index (Phi) is 8.18. The van der Waals surface area contributed by atoms with E-state index in [1.165, 1.54) is 5.56 Å². The van der Waals surface area contributed by atoms with Gasteiger partial charge in [-0.05, 0) is 60.7 Å². The number of rotatable bonds is 11. The summed E-state index contributed by atoms with van der Waals surface area (Å²) in [7, 11) is 0. The number of anilines is 1. The molecule has 0 spiro atoms. The highest BCUT2D eigenvalue weighted by atomic mass is 16.3. The molecule has 2 aromatic carbocycles. The molecule has 3 rings (SSSR count). The van der Waals surface area contributed by atoms with Gasteiger partial charge in [-0.15, -0.1) is 0 Å². The molecule has 0 amide bonds. The highest BCUT2D eigenvalue weighted by Crippen LogP contribution is 2.19. The van der Waals surface area contributed by atoms with E-state index in [0.29, 0.717) is 18.4 Å². The number of aliphatic hydroxyl groups is 1. The van der Waals surface area contributed by atoms with E-state index in [2.05, 4.69) is 38.8 Å². The average molecular weight is 407 g/mol. The van der Waals surface area contributed by atoms with Crippen LogP contribution in [0.25, 0.3) is 11.3 Å². The van der Waals surface area contributed by atoms with Crippen molar-refractivity contribution in [2.75, 3.05) is 25.0 Å². The van der Waals surface area contributed by atoms with Gasteiger partial charge in [0.1, 0.15) is 5.75 Å². The molecule has 1 atom stereocenters. The normalized spacial score (nSPS) is 11.9. The van der Waals surface area contributed by atoms with Crippen LogP contribution in [0.15, 0.2) is 60.8 Å². The SMILES string of the molecule is C[C@@H](CO)CCNCc1cccc(-c2ccnc(NCCc3ccc(O)cc3)n2)c1. The molecule has 3 aromatic rings. The van der Waals surface area contributed by atoms with Gasteiger partial charge in [0.05, 0.1) is 5.69 Å². The van der Waals surface area contributed by atoms with Crippen LogP contribution in [0, 0.1) is 5.92 Å². The van der Waals surface area contributed by atoms with Gasteiger partial charge in [0.15, 0.2) is 0 Å². The van der Waals surface area contributed by atoms with Crippen molar-refractivity contribution in [2.24, 2.45) is 5.92 Å². The van der Waals surface area contributed by atoms with Crippen LogP contribution in [0.4, 0.5) is 5.95 Å². The predicted octanol–water partition coefficient (Wildman–Crippen LogP) is 3.61. The zero-order valence-corrected chi connectivity index (χ0v) is 17.4. The lowest BCUT2D eigenvalue weighted by molar-refractivity contribution is 0.229. The maximum absolute atomic E-state index is 9.36. The van der Waals surface area contributed by atoms with Gasteiger partial charge in [0.2, 0.25) is 5.95 Å². The van der Waals surface area contributed by atoms with Crippen molar-refractivity contribution in [1.29, 1.82) is 0 Å². The molecule has 0 unspecified atom stereocenters. The molecule has 0 saturated heterocycles. The van der Waals surface area contributed by atoms with Gasteiger partial charge in [-0.1, -0.05) is 37.3 Å². The Balaban J connectivity index is 1.55. The van der Waals surface area contributed by atoms with Crippen molar-refractivity contribution in [1.82, 2.24) is 15.3 Å². The Morgan fingerprint density at radius 2 is 1.83 bits per heavy atom. The predicted molar refractivity (Wildman–Crippen MR) is 120 cm³/mol. The van der Waals surface area contributed by atoms with E-state index >= 15 is 0 Å². The van der Waals surface area contributed by atoms with Crippen LogP contribution in [0.3, 0.4) is 0 Å². The molecule has 0 saturated carbocycles. The number of benzene rings is 2. The Morgan fingerprint density at radius 3 is 2.63 bits per heavy atom. The van der Waals surface area contributed by atoms with Crippen LogP contribution in [0.1, 0.15) is 24.5 Å². The topological polar surface area (TPSA) is 90.3 Å². The van der Waals surface area contributed by atoms with E-state index in [9.17, 15) is 5.11 Å². The van der Waals surface area contributed by atoms with Crippen LogP contribution in [0.2, 0.25) is 0 Å². The number of hydrogen-bond acceptors (Lipinski definition) is 6. The first-order valence-corrected chi connectivity index (χ1v) is 10.4. The second kappa shape index (κ2) is 11.3. The van der Waals surface area contributed by atoms with Crippen LogP contribution in [0.5, 0.6) is 5.75 Å². The Hall–Kier alpha value is -2.96. The number of aromatic hydroxyl groups is 1. The fourth-order valence-electron chi connectivity index (χ4n) is 3.10. The van der Waals surface area contributed by atoms with E-state index in [1.807, 2.05) is 31.2 Å². The van der Waals surface area contributed by atoms with E-state index < -0.39 is 0 Å². The molecule has 6 heteroatoms. The fraction of sp³-hybridized carbons (Fsp3) is 0.333. The van der Waals surface area contributed by atoms with Crippen molar-refractivity contribution >= 4 is 5.95 Å². The van der Waals surface area contributed by atoms with E-state index in [4.69, 9.17) is 5.11 Å². The minimum Gasteiger partial charge on any atom is -0.508 e. The zero-order chi connectivity index (χ0) is 21.2. The van der Waals surface area contributed by atoms with E-state index in [0.717, 1.165) is 42.8 Å². The molecular formula is C24H30N4O2. The summed E-state index contributed by atoms with van der Waals surface area (Å²) in [6.07, 6.45) is 3.55. The number of hydrogen-bond donors (Lipinski definition) is 4. The second-order valence-corrected chi connectivity index (χ2v) is 7.56. The monoisotopic (exact) mass is 406 g/mol. The molecule has 30 heavy (non-hydrogen) atoms. The molecule has 0 fully saturated rings. The zero-order valence-electron chi connectivity index (χ0n) is 17.4. The minimum atomic E-state index is 0.232. The first-order valence-electron chi connectivity index (χ1n) is 10.4. The molecule has 0 bridgehead atoms. The smallest absolute Gasteiger partial charge is 0.223 e. The van der Waals surface area contributed by atoms with Crippen molar-refractivity contribution < 1.29 is 10.2 Å². The van der Waals surface area contributed by atoms with Crippen LogP contribution >= 0.6 is 0 Å². The number of nitrogens with one attached hydrogen (secondary N) is 2. The van der Waals surface area contributed by atoms with Gasteiger partial charge < -0.3 is 20.8 Å². The first kappa shape index (κ1) is 21.7. The fourth-order valence-corrected chi connectivity index (χ4v) is 3.10. The molecule has 0 radical (unpaired) electrons. The van der Waals surface area contributed by atoms with Gasteiger partial charge in [0.25, 0.3) is 0 Å². The lowest BCUT2D eigenvalue weighted by Gasteiger charge is -2.10. The second-order valence-electron chi connectivity index (χ2n) is 7.56. The van der Waals surface area contributed by atoms with Gasteiger partial charge in [-0.3, -0.25) is 0 Å². The van der Waals surface area contributed by atoms with E-state index in [-0.39, 0.29) is 12.4 Å². The quantitative estimate of drug-likeness (QED) is 0.364. The third-order valence-electron chi connectivity index (χ3n) is 4.97. The number of nitrogens with zero attached hydrogens (tertiary/aromatic N) is 2. The number of aromatic nitrogens is 2. The summed E-state index contributed by atoms with van der Waals surface area (Å²) in [5, 5.41) is 25.2. The Labute approximate surface area is 178 Å². The highest BCUT2D eigenvalue weighted by Gasteiger charge is 2.05. The molecule has 4 N–H and O–H groups in total. The van der Waals surface area contributed by atoms with Gasteiger partial charge in [-0.25, -0.2) is 9.97 Å². The summed E-state index contributed by atoms with van der Waals surface area (Å²) in [5.41, 5.74) is 4.28. The maximum Gasteiger partial charge on any atom is 0.223 e. The van der Waals surface area contributed by atoms with Crippen molar-refractivity contribution in [3.8, 4) is 17.0 Å². The largest absolute Gasteiger partial charge is 0.508 e. The van der Waals surface area contributed by atoms with Crippen LogP contribution in [-0.4, -0.2) is 39.9 Å². The summed E-state index contributed by atoms with van der Waals surface area (Å²) in [5.74, 6) is 1.21. The summed E-state index contributed by atoms with van der Waals surface area (Å²) < 4.78 is 0. The van der Waals surface area contributed by atoms with Gasteiger partial charge in [0, 0.05) is 31.5 Å². The summed E-state index contributed by atoms with van der Waals surface area (Å²) in [4.78, 5) is 8.97. The summed E-state index contributed by atoms with van der Waals surface area (Å²) in [6.45, 7) is 4.66. The number of phenolic OH excluding ortho intramolecular Hbond substituents is 1. The molecule has 0 aliphatic carbocycles. The molecular weight excluding hydrogens is 376 g/mol. The van der Waals surface area contributed by atoms with Crippen molar-refractivity contribution in [3.63, 3.8) is 0 Å². The van der Waals surface area contributed by atoms with E-state index in [1.54, 1.807) is 18.3 Å². The lowest BCUT2D eigenvalue weighted by atomic mass is 10.1. The molecule has 0 aliphatic rings. The standard InChI is InChI=1S/C24H30N4O2/c1-18(17-29)9-12-25-16-20-3-2-4-21(15-20)23-11-14-27-24(28-23)26-13-10-19-5-7-22(30)8-6-19/h2-8,11,14-15,18,25,29-30H,9-10,12-13,16-17H2,1H3,(H,26,27,28)/t18-/m1/s1. The summed E-state index contributed by atoms with van der Waals surface area (Å²) in [6, 6.07) is 17.5. The third kappa shape index (κ3) is 6.83. The van der Waals surface area contributed by atoms with Crippen molar-refractivity contribution in [3.05, 3.63) is 71.9 Å². The molecule has 158 valence electrons. The third-order valence-corrected chi connectivity index (χ3v) is 4.97. The molecule has 1 aromatic heterocycles. The first-order chi connectivity index (χ1) is 14.6. The number of aliphatic hydroxyl groups excluding tert-OH is 1. The van der Waals surface area contributed by atoms with Crippen LogP contribution in [-0.2, 0) is 13.0 Å². The Morgan fingerprint density at radius 1 is 1.00 bits per heavy atom. The molecule has 0 aliphatic heterocycles. The number of phenols is 1. The molecule has 6 nitrogen and oxygen atoms in total. The minimum absolute atomic E-state index is 0.232. The molecule has 1 heterocycles. The lowest BCUT2D eigenvalue weighted by Crippen LogP contribution is -2.18. The van der Waals surface area contributed by atoms with Gasteiger partial charge in [-0.2, -0.15) is 0 Å². The highest BCUT2D eigenvalue weighted by molar-refractivity contribution is 5.60. The maximum atomic E-state index is 9.36.